The normalized spacial score (nSPS) is 17.1. The molecular formula is C23H26N4O3. The number of methoxy groups -OCH3 is 1. The maximum absolute atomic E-state index is 12.5. The Bertz CT molecular complexity index is 1060. The van der Waals surface area contributed by atoms with Gasteiger partial charge in [0.2, 0.25) is 5.91 Å². The van der Waals surface area contributed by atoms with Gasteiger partial charge in [0.15, 0.2) is 0 Å². The lowest BCUT2D eigenvalue weighted by Crippen LogP contribution is -2.40. The molecule has 1 aromatic heterocycles. The highest BCUT2D eigenvalue weighted by Gasteiger charge is 2.25. The third-order valence-electron chi connectivity index (χ3n) is 5.50. The number of anilines is 1. The minimum Gasteiger partial charge on any atom is -0.465 e. The molecule has 2 N–H and O–H groups in total. The summed E-state index contributed by atoms with van der Waals surface area (Å²) in [6.45, 7) is 4.09. The Morgan fingerprint density at radius 3 is 2.80 bits per heavy atom. The first-order chi connectivity index (χ1) is 14.5. The van der Waals surface area contributed by atoms with Gasteiger partial charge in [-0.1, -0.05) is 6.07 Å². The number of nitrogens with zero attached hydrogens (tertiary/aromatic N) is 2. The van der Waals surface area contributed by atoms with Crippen molar-refractivity contribution in [1.29, 1.82) is 0 Å². The zero-order valence-electron chi connectivity index (χ0n) is 17.3. The van der Waals surface area contributed by atoms with Gasteiger partial charge in [0.25, 0.3) is 0 Å². The number of hydrogen-bond acceptors (Lipinski definition) is 5. The Morgan fingerprint density at radius 1 is 1.23 bits per heavy atom. The third kappa shape index (κ3) is 4.52. The smallest absolute Gasteiger partial charge is 0.337 e. The van der Waals surface area contributed by atoms with E-state index in [2.05, 4.69) is 39.0 Å². The molecule has 1 aliphatic heterocycles. The summed E-state index contributed by atoms with van der Waals surface area (Å²) < 4.78 is 4.69. The number of imidazole rings is 1. The molecule has 7 nitrogen and oxygen atoms in total. The summed E-state index contributed by atoms with van der Waals surface area (Å²) in [7, 11) is 1.34. The number of carbonyl (C=O) groups is 2. The number of aromatic nitrogens is 2. The average Bonchev–Trinajstić information content (AvgIpc) is 3.17. The van der Waals surface area contributed by atoms with Crippen molar-refractivity contribution in [2.45, 2.75) is 25.7 Å². The summed E-state index contributed by atoms with van der Waals surface area (Å²) in [6, 6.07) is 12.9. The van der Waals surface area contributed by atoms with Crippen molar-refractivity contribution in [2.24, 2.45) is 0 Å². The molecule has 1 unspecified atom stereocenters. The van der Waals surface area contributed by atoms with Gasteiger partial charge < -0.3 is 15.0 Å². The third-order valence-corrected chi connectivity index (χ3v) is 5.50. The van der Waals surface area contributed by atoms with Crippen LogP contribution in [0, 0.1) is 6.92 Å². The van der Waals surface area contributed by atoms with Gasteiger partial charge in [-0.3, -0.25) is 9.69 Å². The molecule has 1 saturated heterocycles. The van der Waals surface area contributed by atoms with Crippen LogP contribution in [0.15, 0.2) is 42.5 Å². The number of fused-ring (bicyclic) bond motifs is 1. The molecule has 0 aliphatic carbocycles. The fourth-order valence-corrected chi connectivity index (χ4v) is 3.97. The number of H-pyrrole nitrogens is 1. The first-order valence-electron chi connectivity index (χ1n) is 10.2. The molecular weight excluding hydrogens is 380 g/mol. The van der Waals surface area contributed by atoms with E-state index in [1.54, 1.807) is 24.3 Å². The van der Waals surface area contributed by atoms with Crippen LogP contribution >= 0.6 is 0 Å². The van der Waals surface area contributed by atoms with Gasteiger partial charge in [0.05, 0.1) is 30.3 Å². The van der Waals surface area contributed by atoms with Crippen molar-refractivity contribution >= 4 is 28.6 Å². The Morgan fingerprint density at radius 2 is 2.03 bits per heavy atom. The van der Waals surface area contributed by atoms with Crippen LogP contribution < -0.4 is 5.32 Å². The summed E-state index contributed by atoms with van der Waals surface area (Å²) in [5.74, 6) is 0.826. The first-order valence-corrected chi connectivity index (χ1v) is 10.2. The van der Waals surface area contributed by atoms with Gasteiger partial charge in [-0.15, -0.1) is 0 Å². The zero-order chi connectivity index (χ0) is 21.1. The van der Waals surface area contributed by atoms with Gasteiger partial charge in [-0.25, -0.2) is 9.78 Å². The molecule has 0 radical (unpaired) electrons. The molecule has 1 atom stereocenters. The van der Waals surface area contributed by atoms with Gasteiger partial charge >= 0.3 is 5.97 Å². The van der Waals surface area contributed by atoms with Gasteiger partial charge in [-0.05, 0) is 68.3 Å². The maximum Gasteiger partial charge on any atom is 0.337 e. The minimum atomic E-state index is -0.395. The number of benzene rings is 2. The van der Waals surface area contributed by atoms with E-state index < -0.39 is 5.97 Å². The van der Waals surface area contributed by atoms with Crippen LogP contribution in [0.4, 0.5) is 5.69 Å². The molecule has 0 saturated carbocycles. The number of esters is 1. The molecule has 1 aliphatic rings. The second-order valence-electron chi connectivity index (χ2n) is 7.83. The van der Waals surface area contributed by atoms with Gasteiger partial charge in [0, 0.05) is 18.2 Å². The Hall–Kier alpha value is -3.19. The van der Waals surface area contributed by atoms with Crippen LogP contribution in [0.1, 0.15) is 40.5 Å². The second kappa shape index (κ2) is 8.67. The molecule has 2 aromatic carbocycles. The maximum atomic E-state index is 12.5. The molecule has 3 aromatic rings. The van der Waals surface area contributed by atoms with Crippen molar-refractivity contribution in [3.05, 3.63) is 59.4 Å². The van der Waals surface area contributed by atoms with Crippen LogP contribution in [-0.2, 0) is 9.53 Å². The predicted molar refractivity (Wildman–Crippen MR) is 116 cm³/mol. The highest BCUT2D eigenvalue weighted by Crippen LogP contribution is 2.27. The summed E-state index contributed by atoms with van der Waals surface area (Å²) in [4.78, 5) is 34.4. The van der Waals surface area contributed by atoms with Crippen molar-refractivity contribution in [1.82, 2.24) is 14.9 Å². The van der Waals surface area contributed by atoms with Crippen molar-refractivity contribution < 1.29 is 14.3 Å². The van der Waals surface area contributed by atoms with E-state index in [9.17, 15) is 9.59 Å². The van der Waals surface area contributed by atoms with E-state index in [1.165, 1.54) is 12.7 Å². The van der Waals surface area contributed by atoms with Gasteiger partial charge in [0.1, 0.15) is 5.82 Å². The summed E-state index contributed by atoms with van der Waals surface area (Å²) in [6.07, 6.45) is 2.09. The average molecular weight is 406 g/mol. The Balaban J connectivity index is 1.36. The second-order valence-corrected chi connectivity index (χ2v) is 7.83. The number of rotatable bonds is 5. The zero-order valence-corrected chi connectivity index (χ0v) is 17.3. The van der Waals surface area contributed by atoms with Crippen LogP contribution in [0.2, 0.25) is 0 Å². The highest BCUT2D eigenvalue weighted by atomic mass is 16.5. The van der Waals surface area contributed by atoms with Crippen LogP contribution in [-0.4, -0.2) is 53.5 Å². The van der Waals surface area contributed by atoms with E-state index >= 15 is 0 Å². The van der Waals surface area contributed by atoms with Crippen molar-refractivity contribution in [2.75, 3.05) is 32.1 Å². The molecule has 0 spiro atoms. The summed E-state index contributed by atoms with van der Waals surface area (Å²) in [5, 5.41) is 2.90. The standard InChI is InChI=1S/C23H26N4O3/c1-15-5-10-19-20(12-15)26-22(25-19)17-4-3-11-27(13-17)14-21(28)24-18-8-6-16(7-9-18)23(29)30-2/h5-10,12,17H,3-4,11,13-14H2,1-2H3,(H,24,28)(H,25,26). The lowest BCUT2D eigenvalue weighted by atomic mass is 9.97. The van der Waals surface area contributed by atoms with Crippen LogP contribution in [0.5, 0.6) is 0 Å². The first kappa shape index (κ1) is 20.1. The van der Waals surface area contributed by atoms with E-state index in [0.29, 0.717) is 23.7 Å². The SMILES string of the molecule is COC(=O)c1ccc(NC(=O)CN2CCCC(c3nc4ccc(C)cc4[nH]3)C2)cc1. The summed E-state index contributed by atoms with van der Waals surface area (Å²) in [5.41, 5.74) is 4.37. The number of piperidine rings is 1. The monoisotopic (exact) mass is 406 g/mol. The molecule has 30 heavy (non-hydrogen) atoms. The fourth-order valence-electron chi connectivity index (χ4n) is 3.97. The molecule has 156 valence electrons. The van der Waals surface area contributed by atoms with Gasteiger partial charge in [-0.2, -0.15) is 0 Å². The number of aryl methyl sites for hydroxylation is 1. The number of nitrogens with one attached hydrogen (secondary N) is 2. The Kier molecular flexibility index (Phi) is 5.81. The van der Waals surface area contributed by atoms with E-state index in [0.717, 1.165) is 42.8 Å². The number of aromatic amines is 1. The topological polar surface area (TPSA) is 87.3 Å². The van der Waals surface area contributed by atoms with E-state index in [1.807, 2.05) is 6.07 Å². The van der Waals surface area contributed by atoms with Crippen molar-refractivity contribution in [3.63, 3.8) is 0 Å². The molecule has 2 heterocycles. The van der Waals surface area contributed by atoms with Crippen LogP contribution in [0.3, 0.4) is 0 Å². The summed E-state index contributed by atoms with van der Waals surface area (Å²) >= 11 is 0. The Labute approximate surface area is 175 Å². The lowest BCUT2D eigenvalue weighted by molar-refractivity contribution is -0.117. The number of ether oxygens (including phenoxy) is 1. The number of amides is 1. The molecule has 1 fully saturated rings. The predicted octanol–water partition coefficient (Wildman–Crippen LogP) is 3.48. The molecule has 0 bridgehead atoms. The van der Waals surface area contributed by atoms with E-state index in [4.69, 9.17) is 4.98 Å². The lowest BCUT2D eigenvalue weighted by Gasteiger charge is -2.31. The number of hydrogen-bond donors (Lipinski definition) is 2. The number of carbonyl (C=O) groups excluding carboxylic acids is 2. The highest BCUT2D eigenvalue weighted by molar-refractivity contribution is 5.94. The molecule has 1 amide bonds. The quantitative estimate of drug-likeness (QED) is 0.634. The van der Waals surface area contributed by atoms with Crippen LogP contribution in [0.25, 0.3) is 11.0 Å². The number of likely N-dealkylation sites (tertiary alicyclic amines) is 1. The fraction of sp³-hybridized carbons (Fsp3) is 0.348. The largest absolute Gasteiger partial charge is 0.465 e. The molecule has 4 rings (SSSR count). The molecule has 7 heteroatoms. The van der Waals surface area contributed by atoms with Crippen molar-refractivity contribution in [3.8, 4) is 0 Å². The minimum absolute atomic E-state index is 0.0679. The van der Waals surface area contributed by atoms with E-state index in [-0.39, 0.29) is 5.91 Å².